The maximum absolute atomic E-state index is 6.31. The van der Waals surface area contributed by atoms with Gasteiger partial charge in [-0.3, -0.25) is 0 Å². The van der Waals surface area contributed by atoms with E-state index in [1.54, 1.807) is 0 Å². The van der Waals surface area contributed by atoms with E-state index < -0.39 is 0 Å². The third kappa shape index (κ3) is 4.91. The SMILES string of the molecule is CC[C@H](C)NCc1cc(Cl)c(OCc2ccccc2)c(Cl)c1. The van der Waals surface area contributed by atoms with Crippen LogP contribution in [0.1, 0.15) is 31.4 Å². The van der Waals surface area contributed by atoms with Gasteiger partial charge in [-0.1, -0.05) is 60.5 Å². The van der Waals surface area contributed by atoms with Gasteiger partial charge in [-0.05, 0) is 36.6 Å². The molecule has 118 valence electrons. The van der Waals surface area contributed by atoms with E-state index in [1.807, 2.05) is 42.5 Å². The minimum atomic E-state index is 0.449. The first kappa shape index (κ1) is 17.1. The first-order valence-corrected chi connectivity index (χ1v) is 8.23. The van der Waals surface area contributed by atoms with Crippen LogP contribution in [-0.2, 0) is 13.2 Å². The van der Waals surface area contributed by atoms with Gasteiger partial charge in [-0.25, -0.2) is 0 Å². The molecule has 2 rings (SSSR count). The molecule has 0 bridgehead atoms. The molecule has 0 unspecified atom stereocenters. The molecule has 0 saturated heterocycles. The van der Waals surface area contributed by atoms with E-state index in [4.69, 9.17) is 27.9 Å². The van der Waals surface area contributed by atoms with Crippen molar-refractivity contribution in [1.29, 1.82) is 0 Å². The average Bonchev–Trinajstić information content (AvgIpc) is 2.52. The quantitative estimate of drug-likeness (QED) is 0.724. The third-order valence-corrected chi connectivity index (χ3v) is 4.11. The second kappa shape index (κ2) is 8.42. The summed E-state index contributed by atoms with van der Waals surface area (Å²) >= 11 is 12.6. The summed E-state index contributed by atoms with van der Waals surface area (Å²) in [7, 11) is 0. The molecule has 1 atom stereocenters. The first-order chi connectivity index (χ1) is 10.6. The summed E-state index contributed by atoms with van der Waals surface area (Å²) in [5.74, 6) is 0.541. The second-order valence-electron chi connectivity index (χ2n) is 5.35. The van der Waals surface area contributed by atoms with Crippen molar-refractivity contribution >= 4 is 23.2 Å². The van der Waals surface area contributed by atoms with Crippen molar-refractivity contribution in [3.05, 3.63) is 63.6 Å². The molecule has 0 saturated carbocycles. The fraction of sp³-hybridized carbons (Fsp3) is 0.333. The predicted molar refractivity (Wildman–Crippen MR) is 93.8 cm³/mol. The zero-order valence-corrected chi connectivity index (χ0v) is 14.4. The molecule has 0 aromatic heterocycles. The Kier molecular flexibility index (Phi) is 6.56. The van der Waals surface area contributed by atoms with Crippen molar-refractivity contribution in [1.82, 2.24) is 5.32 Å². The van der Waals surface area contributed by atoms with E-state index in [-0.39, 0.29) is 0 Å². The van der Waals surface area contributed by atoms with Crippen LogP contribution in [0.3, 0.4) is 0 Å². The van der Waals surface area contributed by atoms with Crippen molar-refractivity contribution in [3.8, 4) is 5.75 Å². The van der Waals surface area contributed by atoms with Crippen molar-refractivity contribution in [2.24, 2.45) is 0 Å². The smallest absolute Gasteiger partial charge is 0.156 e. The zero-order chi connectivity index (χ0) is 15.9. The summed E-state index contributed by atoms with van der Waals surface area (Å²) < 4.78 is 5.77. The molecular weight excluding hydrogens is 317 g/mol. The lowest BCUT2D eigenvalue weighted by Gasteiger charge is -2.14. The highest BCUT2D eigenvalue weighted by Crippen LogP contribution is 2.34. The fourth-order valence-corrected chi connectivity index (χ4v) is 2.66. The molecule has 0 heterocycles. The van der Waals surface area contributed by atoms with Gasteiger partial charge in [0, 0.05) is 12.6 Å². The topological polar surface area (TPSA) is 21.3 Å². The summed E-state index contributed by atoms with van der Waals surface area (Å²) in [4.78, 5) is 0. The van der Waals surface area contributed by atoms with Gasteiger partial charge in [-0.15, -0.1) is 0 Å². The van der Waals surface area contributed by atoms with Gasteiger partial charge in [0.2, 0.25) is 0 Å². The van der Waals surface area contributed by atoms with Crippen molar-refractivity contribution in [2.75, 3.05) is 0 Å². The van der Waals surface area contributed by atoms with Crippen LogP contribution in [0, 0.1) is 0 Å². The Balaban J connectivity index is 2.03. The van der Waals surface area contributed by atoms with Crippen LogP contribution in [0.4, 0.5) is 0 Å². The molecular formula is C18H21Cl2NO. The van der Waals surface area contributed by atoms with E-state index >= 15 is 0 Å². The predicted octanol–water partition coefficient (Wildman–Crippen LogP) is 5.46. The van der Waals surface area contributed by atoms with E-state index in [9.17, 15) is 0 Å². The molecule has 0 aliphatic heterocycles. The lowest BCUT2D eigenvalue weighted by Crippen LogP contribution is -2.24. The summed E-state index contributed by atoms with van der Waals surface area (Å²) in [6, 6.07) is 14.2. The lowest BCUT2D eigenvalue weighted by molar-refractivity contribution is 0.306. The maximum atomic E-state index is 6.31. The first-order valence-electron chi connectivity index (χ1n) is 7.48. The molecule has 4 heteroatoms. The van der Waals surface area contributed by atoms with Crippen molar-refractivity contribution in [2.45, 2.75) is 39.5 Å². The van der Waals surface area contributed by atoms with Gasteiger partial charge in [0.15, 0.2) is 5.75 Å². The van der Waals surface area contributed by atoms with Gasteiger partial charge in [-0.2, -0.15) is 0 Å². The molecule has 2 nitrogen and oxygen atoms in total. The van der Waals surface area contributed by atoms with Gasteiger partial charge >= 0.3 is 0 Å². The molecule has 0 aliphatic rings. The van der Waals surface area contributed by atoms with E-state index in [0.29, 0.717) is 28.4 Å². The number of rotatable bonds is 7. The number of benzene rings is 2. The van der Waals surface area contributed by atoms with Gasteiger partial charge in [0.05, 0.1) is 10.0 Å². The highest BCUT2D eigenvalue weighted by molar-refractivity contribution is 6.37. The number of hydrogen-bond acceptors (Lipinski definition) is 2. The standard InChI is InChI=1S/C18H21Cl2NO/c1-3-13(2)21-11-15-9-16(19)18(17(20)10-15)22-12-14-7-5-4-6-8-14/h4-10,13,21H,3,11-12H2,1-2H3/t13-/m0/s1. The van der Waals surface area contributed by atoms with E-state index in [1.165, 1.54) is 0 Å². The molecule has 1 N–H and O–H groups in total. The van der Waals surface area contributed by atoms with Gasteiger partial charge in [0.1, 0.15) is 6.61 Å². The van der Waals surface area contributed by atoms with Gasteiger partial charge in [0.25, 0.3) is 0 Å². The summed E-state index contributed by atoms with van der Waals surface area (Å²) in [5, 5.41) is 4.51. The molecule has 2 aromatic carbocycles. The maximum Gasteiger partial charge on any atom is 0.156 e. The molecule has 0 amide bonds. The van der Waals surface area contributed by atoms with Crippen molar-refractivity contribution in [3.63, 3.8) is 0 Å². The van der Waals surface area contributed by atoms with Crippen LogP contribution in [0.5, 0.6) is 5.75 Å². The Morgan fingerprint density at radius 1 is 1.05 bits per heavy atom. The molecule has 2 aromatic rings. The summed E-state index contributed by atoms with van der Waals surface area (Å²) in [6.45, 7) is 5.50. The highest BCUT2D eigenvalue weighted by atomic mass is 35.5. The Labute approximate surface area is 142 Å². The Hall–Kier alpha value is -1.22. The summed E-state index contributed by atoms with van der Waals surface area (Å²) in [5.41, 5.74) is 2.14. The number of nitrogens with one attached hydrogen (secondary N) is 1. The molecule has 0 spiro atoms. The van der Waals surface area contributed by atoms with Crippen LogP contribution in [-0.4, -0.2) is 6.04 Å². The Morgan fingerprint density at radius 3 is 2.27 bits per heavy atom. The number of ether oxygens (including phenoxy) is 1. The largest absolute Gasteiger partial charge is 0.486 e. The summed E-state index contributed by atoms with van der Waals surface area (Å²) in [6.07, 6.45) is 1.08. The molecule has 0 fully saturated rings. The Morgan fingerprint density at radius 2 is 1.68 bits per heavy atom. The van der Waals surface area contributed by atoms with Crippen LogP contribution in [0.2, 0.25) is 10.0 Å². The fourth-order valence-electron chi connectivity index (χ4n) is 2.02. The third-order valence-electron chi connectivity index (χ3n) is 3.55. The number of halogens is 2. The Bertz CT molecular complexity index is 578. The van der Waals surface area contributed by atoms with E-state index in [2.05, 4.69) is 19.2 Å². The average molecular weight is 338 g/mol. The molecule has 22 heavy (non-hydrogen) atoms. The highest BCUT2D eigenvalue weighted by Gasteiger charge is 2.10. The molecule has 0 radical (unpaired) electrons. The van der Waals surface area contributed by atoms with Crippen LogP contribution >= 0.6 is 23.2 Å². The van der Waals surface area contributed by atoms with Crippen molar-refractivity contribution < 1.29 is 4.74 Å². The van der Waals surface area contributed by atoms with E-state index in [0.717, 1.165) is 24.1 Å². The van der Waals surface area contributed by atoms with Crippen LogP contribution < -0.4 is 10.1 Å². The second-order valence-corrected chi connectivity index (χ2v) is 6.17. The minimum Gasteiger partial charge on any atom is -0.486 e. The molecule has 0 aliphatic carbocycles. The van der Waals surface area contributed by atoms with Crippen LogP contribution in [0.15, 0.2) is 42.5 Å². The zero-order valence-electron chi connectivity index (χ0n) is 12.9. The normalized spacial score (nSPS) is 12.2. The van der Waals surface area contributed by atoms with Gasteiger partial charge < -0.3 is 10.1 Å². The lowest BCUT2D eigenvalue weighted by atomic mass is 10.2. The minimum absolute atomic E-state index is 0.449. The monoisotopic (exact) mass is 337 g/mol. The van der Waals surface area contributed by atoms with Crippen LogP contribution in [0.25, 0.3) is 0 Å². The number of hydrogen-bond donors (Lipinski definition) is 1.